The molecule has 5 aromatic heterocycles. The van der Waals surface area contributed by atoms with Crippen LogP contribution in [0.3, 0.4) is 0 Å². The van der Waals surface area contributed by atoms with E-state index in [1.54, 1.807) is 22.7 Å². The van der Waals surface area contributed by atoms with Crippen LogP contribution < -0.4 is 0 Å². The molecule has 0 aliphatic rings. The molecular weight excluding hydrogens is 1020 g/mol. The molecule has 0 aliphatic carbocycles. The van der Waals surface area contributed by atoms with Crippen molar-refractivity contribution in [2.24, 2.45) is 0 Å². The summed E-state index contributed by atoms with van der Waals surface area (Å²) in [7, 11) is 0. The molecule has 0 aliphatic heterocycles. The first-order valence-electron chi connectivity index (χ1n) is 27.0. The number of nitriles is 2. The monoisotopic (exact) mass is 1060 g/mol. The predicted molar refractivity (Wildman–Crippen MR) is 339 cm³/mol. The molecule has 0 unspecified atom stereocenters. The summed E-state index contributed by atoms with van der Waals surface area (Å²) in [6.07, 6.45) is 0. The second-order valence-electron chi connectivity index (χ2n) is 20.8. The van der Waals surface area contributed by atoms with E-state index in [0.717, 1.165) is 119 Å². The Bertz CT molecular complexity index is 5610. The molecule has 0 bridgehead atoms. The molecule has 0 spiro atoms. The van der Waals surface area contributed by atoms with E-state index in [1.165, 1.54) is 25.6 Å². The summed E-state index contributed by atoms with van der Waals surface area (Å²) in [4.78, 5) is 0. The van der Waals surface area contributed by atoms with Gasteiger partial charge in [0.15, 0.2) is 0 Å². The average molecular weight is 1070 g/mol. The van der Waals surface area contributed by atoms with E-state index in [1.807, 2.05) is 48.5 Å². The van der Waals surface area contributed by atoms with E-state index in [0.29, 0.717) is 28.1 Å². The van der Waals surface area contributed by atoms with Crippen molar-refractivity contribution in [2.45, 2.75) is 0 Å². The Balaban J connectivity index is 1.10. The zero-order valence-electron chi connectivity index (χ0n) is 43.1. The largest absolute Gasteiger partial charge is 0.455 e. The Labute approximate surface area is 471 Å². The lowest BCUT2D eigenvalue weighted by atomic mass is 9.86. The van der Waals surface area contributed by atoms with E-state index >= 15 is 0 Å². The lowest BCUT2D eigenvalue weighted by Gasteiger charge is -2.25. The summed E-state index contributed by atoms with van der Waals surface area (Å²) in [6.45, 7) is 0. The van der Waals surface area contributed by atoms with Gasteiger partial charge in [0, 0.05) is 80.0 Å². The summed E-state index contributed by atoms with van der Waals surface area (Å²) in [5, 5.41) is 35.6. The first kappa shape index (κ1) is 45.5. The van der Waals surface area contributed by atoms with Crippen LogP contribution in [0, 0.1) is 22.7 Å². The minimum atomic E-state index is 0.408. The number of nitrogens with zero attached hydrogens (tertiary/aromatic N) is 4. The molecule has 5 heterocycles. The molecule has 0 saturated carbocycles. The Morgan fingerprint density at radius 2 is 0.901 bits per heavy atom. The molecule has 0 radical (unpaired) electrons. The highest BCUT2D eigenvalue weighted by molar-refractivity contribution is 7.27. The molecule has 7 heteroatoms. The van der Waals surface area contributed by atoms with Gasteiger partial charge in [0.1, 0.15) is 23.3 Å². The Kier molecular flexibility index (Phi) is 9.82. The quantitative estimate of drug-likeness (QED) is 0.167. The molecule has 0 saturated heterocycles. The van der Waals surface area contributed by atoms with E-state index < -0.39 is 0 Å². The van der Waals surface area contributed by atoms with Crippen LogP contribution in [0.15, 0.2) is 247 Å². The van der Waals surface area contributed by atoms with Gasteiger partial charge in [-0.3, -0.25) is 0 Å². The lowest BCUT2D eigenvalue weighted by molar-refractivity contribution is 0.670. The second kappa shape index (κ2) is 17.5. The van der Waals surface area contributed by atoms with Gasteiger partial charge >= 0.3 is 0 Å². The summed E-state index contributed by atoms with van der Waals surface area (Å²) in [5.41, 5.74) is 15.1. The van der Waals surface area contributed by atoms with E-state index in [2.05, 4.69) is 215 Å². The summed E-state index contributed by atoms with van der Waals surface area (Å²) >= 11 is 3.59. The van der Waals surface area contributed by atoms with Gasteiger partial charge in [0.2, 0.25) is 0 Å². The topological polar surface area (TPSA) is 70.6 Å². The van der Waals surface area contributed by atoms with Crippen molar-refractivity contribution in [3.8, 4) is 68.0 Å². The highest BCUT2D eigenvalue weighted by atomic mass is 32.1. The Morgan fingerprint density at radius 3 is 1.64 bits per heavy atom. The highest BCUT2D eigenvalue weighted by Gasteiger charge is 2.34. The fraction of sp³-hybridized carbons (Fsp3) is 0. The van der Waals surface area contributed by atoms with Crippen LogP contribution >= 0.6 is 22.7 Å². The SMILES string of the molecule is N#Cc1c(-c2ccccc2)c(C#N)c(-n2c3c(ccc4c5ccccc5sc43)c3cc(-c4ccccc4)c4c5ccccc5sc4c32)c(-c2ccccc2)c1-n1c2ccccc2c2cc(-c3cccc4c3oc3ccccc34)ccc21. The number of rotatable bonds is 6. The van der Waals surface area contributed by atoms with Crippen molar-refractivity contribution in [2.75, 3.05) is 0 Å². The van der Waals surface area contributed by atoms with Gasteiger partial charge in [-0.05, 0) is 70.3 Å². The molecule has 17 aromatic rings. The summed E-state index contributed by atoms with van der Waals surface area (Å²) < 4.78 is 16.0. The molecule has 81 heavy (non-hydrogen) atoms. The number of para-hydroxylation sites is 3. The van der Waals surface area contributed by atoms with Crippen LogP contribution in [0.2, 0.25) is 0 Å². The standard InChI is InChI=1S/C74H40N4OS2/c75-41-58-65(44-21-6-2-7-22-44)59(42-76)69(78-70-51(36-37-53-50-27-12-16-33-63(50)80-73(53)70)57-40-55(43-19-4-1-5-20-43)67-54-28-13-17-34-64(54)81-74(67)71(57)78)66(45-23-8-3-9-24-45)68(58)77-60-31-14-10-25-48(60)56-39-46(35-38-61(56)77)47-29-18-30-52-49-26-11-15-32-62(49)79-72(47)52/h1-40H. The molecule has 0 atom stereocenters. The molecule has 5 nitrogen and oxygen atoms in total. The first-order chi connectivity index (χ1) is 40.1. The molecule has 0 amide bonds. The van der Waals surface area contributed by atoms with E-state index in [4.69, 9.17) is 4.42 Å². The normalized spacial score (nSPS) is 11.9. The number of fused-ring (bicyclic) bond motifs is 17. The van der Waals surface area contributed by atoms with Crippen molar-refractivity contribution < 1.29 is 4.42 Å². The minimum Gasteiger partial charge on any atom is -0.455 e. The average Bonchev–Trinajstić information content (AvgIpc) is 2.92. The number of hydrogen-bond acceptors (Lipinski definition) is 5. The van der Waals surface area contributed by atoms with Crippen molar-refractivity contribution in [1.82, 2.24) is 9.13 Å². The third-order valence-electron chi connectivity index (χ3n) is 16.6. The van der Waals surface area contributed by atoms with Gasteiger partial charge in [-0.25, -0.2) is 0 Å². The van der Waals surface area contributed by atoms with Crippen molar-refractivity contribution in [1.29, 1.82) is 10.5 Å². The molecule has 12 aromatic carbocycles. The Hall–Kier alpha value is -10.5. The fourth-order valence-electron chi connectivity index (χ4n) is 13.2. The molecular formula is C74H40N4OS2. The van der Waals surface area contributed by atoms with E-state index in [-0.39, 0.29) is 0 Å². The summed E-state index contributed by atoms with van der Waals surface area (Å²) in [6, 6.07) is 91.1. The zero-order chi connectivity index (χ0) is 53.4. The molecule has 0 N–H and O–H groups in total. The molecule has 17 rings (SSSR count). The van der Waals surface area contributed by atoms with Crippen LogP contribution in [0.1, 0.15) is 11.1 Å². The van der Waals surface area contributed by atoms with E-state index in [9.17, 15) is 10.5 Å². The first-order valence-corrected chi connectivity index (χ1v) is 28.7. The zero-order valence-corrected chi connectivity index (χ0v) is 44.7. The number of thiophene rings is 2. The van der Waals surface area contributed by atoms with Crippen LogP contribution in [0.4, 0.5) is 0 Å². The maximum atomic E-state index is 12.4. The minimum absolute atomic E-state index is 0.408. The number of hydrogen-bond donors (Lipinski definition) is 0. The number of furan rings is 1. The number of benzene rings is 12. The van der Waals surface area contributed by atoms with Crippen LogP contribution in [-0.2, 0) is 0 Å². The van der Waals surface area contributed by atoms with Crippen LogP contribution in [-0.4, -0.2) is 9.13 Å². The smallest absolute Gasteiger partial charge is 0.143 e. The number of aromatic nitrogens is 2. The molecule has 374 valence electrons. The third-order valence-corrected chi connectivity index (χ3v) is 19.0. The molecule has 0 fully saturated rings. The maximum absolute atomic E-state index is 12.4. The highest BCUT2D eigenvalue weighted by Crippen LogP contribution is 2.54. The van der Waals surface area contributed by atoms with Gasteiger partial charge < -0.3 is 13.6 Å². The predicted octanol–water partition coefficient (Wildman–Crippen LogP) is 20.9. The second-order valence-corrected chi connectivity index (χ2v) is 22.9. The van der Waals surface area contributed by atoms with Gasteiger partial charge in [-0.1, -0.05) is 200 Å². The van der Waals surface area contributed by atoms with Gasteiger partial charge in [0.05, 0.1) is 54.0 Å². The van der Waals surface area contributed by atoms with Gasteiger partial charge in [-0.2, -0.15) is 10.5 Å². The van der Waals surface area contributed by atoms with Crippen LogP contribution in [0.25, 0.3) is 162 Å². The van der Waals surface area contributed by atoms with Crippen molar-refractivity contribution in [3.05, 3.63) is 254 Å². The van der Waals surface area contributed by atoms with Gasteiger partial charge in [-0.15, -0.1) is 22.7 Å². The van der Waals surface area contributed by atoms with Crippen molar-refractivity contribution in [3.63, 3.8) is 0 Å². The summed E-state index contributed by atoms with van der Waals surface area (Å²) in [5.74, 6) is 0. The Morgan fingerprint density at radius 1 is 0.346 bits per heavy atom. The fourth-order valence-corrected chi connectivity index (χ4v) is 15.7. The van der Waals surface area contributed by atoms with Gasteiger partial charge in [0.25, 0.3) is 0 Å². The maximum Gasteiger partial charge on any atom is 0.143 e. The third kappa shape index (κ3) is 6.45. The van der Waals surface area contributed by atoms with Crippen LogP contribution in [0.5, 0.6) is 0 Å². The van der Waals surface area contributed by atoms with Crippen molar-refractivity contribution >= 4 is 129 Å². The lowest BCUT2D eigenvalue weighted by Crippen LogP contribution is -2.11.